The highest BCUT2D eigenvalue weighted by molar-refractivity contribution is 6.31. The van der Waals surface area contributed by atoms with E-state index in [9.17, 15) is 9.59 Å². The summed E-state index contributed by atoms with van der Waals surface area (Å²) in [6.45, 7) is 0.208. The Morgan fingerprint density at radius 1 is 1.11 bits per heavy atom. The molecule has 1 aliphatic rings. The Labute approximate surface area is 164 Å². The molecule has 4 heterocycles. The molecule has 3 aromatic heterocycles. The second kappa shape index (κ2) is 6.35. The van der Waals surface area contributed by atoms with Gasteiger partial charge in [0.05, 0.1) is 29.8 Å². The molecule has 1 amide bonds. The third-order valence-electron chi connectivity index (χ3n) is 4.86. The molecule has 0 saturated heterocycles. The van der Waals surface area contributed by atoms with Crippen LogP contribution >= 0.6 is 11.6 Å². The molecule has 1 aliphatic heterocycles. The maximum absolute atomic E-state index is 13.3. The minimum Gasteiger partial charge on any atom is -0.467 e. The summed E-state index contributed by atoms with van der Waals surface area (Å²) >= 11 is 6.07. The number of carbonyl (C=O) groups excluding carboxylic acids is 1. The first kappa shape index (κ1) is 16.8. The van der Waals surface area contributed by atoms with Crippen LogP contribution < -0.4 is 5.43 Å². The van der Waals surface area contributed by atoms with Crippen LogP contribution in [0.15, 0.2) is 74.8 Å². The number of fused-ring (bicyclic) bond motifs is 2. The first-order valence-electron chi connectivity index (χ1n) is 8.63. The number of carbonyl (C=O) groups is 1. The van der Waals surface area contributed by atoms with Crippen molar-refractivity contribution in [2.24, 2.45) is 0 Å². The lowest BCUT2D eigenvalue weighted by molar-refractivity contribution is 0.0701. The Bertz CT molecular complexity index is 1250. The van der Waals surface area contributed by atoms with Crippen LogP contribution in [0.1, 0.15) is 33.5 Å². The van der Waals surface area contributed by atoms with Gasteiger partial charge in [0, 0.05) is 17.4 Å². The molecule has 0 spiro atoms. The molecule has 1 aromatic carbocycles. The highest BCUT2D eigenvalue weighted by atomic mass is 35.5. The van der Waals surface area contributed by atoms with E-state index in [4.69, 9.17) is 20.4 Å². The quantitative estimate of drug-likeness (QED) is 0.522. The van der Waals surface area contributed by atoms with Crippen LogP contribution in [0.4, 0.5) is 0 Å². The summed E-state index contributed by atoms with van der Waals surface area (Å²) in [4.78, 5) is 32.1. The Morgan fingerprint density at radius 2 is 1.93 bits per heavy atom. The first-order chi connectivity index (χ1) is 13.6. The summed E-state index contributed by atoms with van der Waals surface area (Å²) in [7, 11) is 0. The number of benzene rings is 1. The van der Waals surface area contributed by atoms with Crippen molar-refractivity contribution < 1.29 is 13.6 Å². The van der Waals surface area contributed by atoms with Crippen molar-refractivity contribution >= 4 is 28.5 Å². The molecule has 138 valence electrons. The minimum atomic E-state index is -0.602. The van der Waals surface area contributed by atoms with Crippen LogP contribution in [0.25, 0.3) is 11.0 Å². The molecule has 5 rings (SSSR count). The predicted octanol–water partition coefficient (Wildman–Crippen LogP) is 4.18. The summed E-state index contributed by atoms with van der Waals surface area (Å²) in [5.41, 5.74) is 1.13. The van der Waals surface area contributed by atoms with Gasteiger partial charge in [-0.15, -0.1) is 0 Å². The topological polar surface area (TPSA) is 76.6 Å². The van der Waals surface area contributed by atoms with Crippen molar-refractivity contribution in [3.8, 4) is 0 Å². The molecular weight excluding hydrogens is 380 g/mol. The smallest absolute Gasteiger partial charge is 0.291 e. The van der Waals surface area contributed by atoms with Crippen molar-refractivity contribution in [3.63, 3.8) is 0 Å². The zero-order valence-corrected chi connectivity index (χ0v) is 15.2. The van der Waals surface area contributed by atoms with E-state index in [1.165, 1.54) is 0 Å². The van der Waals surface area contributed by atoms with Crippen LogP contribution in [-0.2, 0) is 6.54 Å². The summed E-state index contributed by atoms with van der Waals surface area (Å²) in [6, 6.07) is 11.3. The summed E-state index contributed by atoms with van der Waals surface area (Å²) in [5, 5.41) is 0.773. The molecule has 0 aliphatic carbocycles. The summed E-state index contributed by atoms with van der Waals surface area (Å²) in [5.74, 6) is 0.301. The van der Waals surface area contributed by atoms with Gasteiger partial charge in [0.15, 0.2) is 5.43 Å². The van der Waals surface area contributed by atoms with Gasteiger partial charge in [0.1, 0.15) is 11.3 Å². The van der Waals surface area contributed by atoms with Gasteiger partial charge in [0.2, 0.25) is 5.76 Å². The second-order valence-electron chi connectivity index (χ2n) is 6.51. The minimum absolute atomic E-state index is 0.0493. The monoisotopic (exact) mass is 392 g/mol. The Kier molecular flexibility index (Phi) is 3.80. The van der Waals surface area contributed by atoms with Crippen LogP contribution in [0, 0.1) is 0 Å². The highest BCUT2D eigenvalue weighted by Crippen LogP contribution is 2.39. The maximum Gasteiger partial charge on any atom is 0.291 e. The molecule has 0 radical (unpaired) electrons. The number of amides is 1. The maximum atomic E-state index is 13.3. The lowest BCUT2D eigenvalue weighted by Crippen LogP contribution is -2.29. The average molecular weight is 393 g/mol. The third-order valence-corrected chi connectivity index (χ3v) is 5.09. The number of hydrogen-bond acceptors (Lipinski definition) is 5. The van der Waals surface area contributed by atoms with E-state index in [1.54, 1.807) is 66.0 Å². The first-order valence-corrected chi connectivity index (χ1v) is 9.01. The Morgan fingerprint density at radius 3 is 2.68 bits per heavy atom. The van der Waals surface area contributed by atoms with Gasteiger partial charge in [-0.2, -0.15) is 0 Å². The van der Waals surface area contributed by atoms with Crippen molar-refractivity contribution in [1.82, 2.24) is 9.88 Å². The number of pyridine rings is 1. The molecule has 0 saturated carbocycles. The van der Waals surface area contributed by atoms with Gasteiger partial charge >= 0.3 is 0 Å². The molecular formula is C21H13ClN2O4. The zero-order valence-electron chi connectivity index (χ0n) is 14.5. The van der Waals surface area contributed by atoms with Crippen molar-refractivity contribution in [1.29, 1.82) is 0 Å². The standard InChI is InChI=1S/C21H13ClN2O4/c22-13-3-4-16-15(10-13)19(25)17-18(12-5-7-23-8-6-12)24(21(26)20(17)28-16)11-14-2-1-9-27-14/h1-10,18H,11H2. The van der Waals surface area contributed by atoms with E-state index >= 15 is 0 Å². The molecule has 0 N–H and O–H groups in total. The number of nitrogens with zero attached hydrogens (tertiary/aromatic N) is 2. The van der Waals surface area contributed by atoms with Gasteiger partial charge < -0.3 is 13.7 Å². The molecule has 0 fully saturated rings. The second-order valence-corrected chi connectivity index (χ2v) is 6.95. The number of aromatic nitrogens is 1. The highest BCUT2D eigenvalue weighted by Gasteiger charge is 2.43. The molecule has 6 nitrogen and oxygen atoms in total. The largest absolute Gasteiger partial charge is 0.467 e. The number of furan rings is 1. The van der Waals surface area contributed by atoms with Gasteiger partial charge in [-0.05, 0) is 48.0 Å². The fraction of sp³-hybridized carbons (Fsp3) is 0.0952. The predicted molar refractivity (Wildman–Crippen MR) is 102 cm³/mol. The molecule has 1 unspecified atom stereocenters. The molecule has 4 aromatic rings. The summed E-state index contributed by atoms with van der Waals surface area (Å²) in [6.07, 6.45) is 4.80. The van der Waals surface area contributed by atoms with E-state index in [2.05, 4.69) is 4.98 Å². The fourth-order valence-corrected chi connectivity index (χ4v) is 3.79. The van der Waals surface area contributed by atoms with E-state index in [-0.39, 0.29) is 23.6 Å². The normalized spacial score (nSPS) is 16.0. The lowest BCUT2D eigenvalue weighted by Gasteiger charge is -2.24. The van der Waals surface area contributed by atoms with Gasteiger partial charge in [0.25, 0.3) is 5.91 Å². The van der Waals surface area contributed by atoms with Gasteiger partial charge in [-0.1, -0.05) is 11.6 Å². The number of halogens is 1. The van der Waals surface area contributed by atoms with Crippen LogP contribution in [-0.4, -0.2) is 15.8 Å². The van der Waals surface area contributed by atoms with Crippen molar-refractivity contribution in [3.05, 3.63) is 99.0 Å². The Balaban J connectivity index is 1.76. The van der Waals surface area contributed by atoms with Crippen LogP contribution in [0.2, 0.25) is 5.02 Å². The third kappa shape index (κ3) is 2.53. The average Bonchev–Trinajstić information content (AvgIpc) is 3.31. The SMILES string of the molecule is O=C1c2oc3ccc(Cl)cc3c(=O)c2C(c2ccncc2)N1Cc1ccco1. The van der Waals surface area contributed by atoms with E-state index in [1.807, 2.05) is 0 Å². The van der Waals surface area contributed by atoms with Gasteiger partial charge in [-0.3, -0.25) is 14.6 Å². The van der Waals surface area contributed by atoms with E-state index < -0.39 is 6.04 Å². The van der Waals surface area contributed by atoms with E-state index in [0.717, 1.165) is 5.56 Å². The number of hydrogen-bond donors (Lipinski definition) is 0. The lowest BCUT2D eigenvalue weighted by atomic mass is 9.99. The zero-order chi connectivity index (χ0) is 19.3. The number of rotatable bonds is 3. The van der Waals surface area contributed by atoms with Crippen molar-refractivity contribution in [2.75, 3.05) is 0 Å². The molecule has 7 heteroatoms. The summed E-state index contributed by atoms with van der Waals surface area (Å²) < 4.78 is 11.3. The Hall–Kier alpha value is -3.38. The van der Waals surface area contributed by atoms with Crippen LogP contribution in [0.3, 0.4) is 0 Å². The molecule has 1 atom stereocenters. The molecule has 28 heavy (non-hydrogen) atoms. The fourth-order valence-electron chi connectivity index (χ4n) is 3.62. The van der Waals surface area contributed by atoms with Crippen molar-refractivity contribution in [2.45, 2.75) is 12.6 Å². The van der Waals surface area contributed by atoms with Gasteiger partial charge in [-0.25, -0.2) is 0 Å². The van der Waals surface area contributed by atoms with E-state index in [0.29, 0.717) is 27.3 Å². The molecule has 0 bridgehead atoms. The van der Waals surface area contributed by atoms with Crippen LogP contribution in [0.5, 0.6) is 0 Å².